The molecule has 22 heavy (non-hydrogen) atoms. The van der Waals surface area contributed by atoms with Crippen LogP contribution in [0.25, 0.3) is 0 Å². The summed E-state index contributed by atoms with van der Waals surface area (Å²) in [4.78, 5) is 23.3. The van der Waals surface area contributed by atoms with Gasteiger partial charge in [-0.15, -0.1) is 5.10 Å². The number of hydrogen-bond acceptors (Lipinski definition) is 6. The summed E-state index contributed by atoms with van der Waals surface area (Å²) in [5.41, 5.74) is 0.0484. The second-order valence-electron chi connectivity index (χ2n) is 4.26. The van der Waals surface area contributed by atoms with E-state index in [9.17, 15) is 18.4 Å². The number of rotatable bonds is 5. The first-order valence-corrected chi connectivity index (χ1v) is 6.12. The third kappa shape index (κ3) is 4.04. The number of aromatic nitrogens is 4. The van der Waals surface area contributed by atoms with Gasteiger partial charge < -0.3 is 10.1 Å². The number of carbonyl (C=O) groups is 2. The Labute approximate surface area is 123 Å². The third-order valence-electron chi connectivity index (χ3n) is 2.55. The van der Waals surface area contributed by atoms with Crippen molar-refractivity contribution in [1.29, 1.82) is 0 Å². The van der Waals surface area contributed by atoms with Crippen LogP contribution in [0.5, 0.6) is 0 Å². The average Bonchev–Trinajstić information content (AvgIpc) is 2.95. The van der Waals surface area contributed by atoms with Gasteiger partial charge in [0.25, 0.3) is 5.91 Å². The van der Waals surface area contributed by atoms with Crippen LogP contribution in [0.15, 0.2) is 24.5 Å². The van der Waals surface area contributed by atoms with Gasteiger partial charge in [0.15, 0.2) is 17.7 Å². The zero-order valence-corrected chi connectivity index (χ0v) is 11.4. The molecule has 2 aromatic rings. The van der Waals surface area contributed by atoms with E-state index >= 15 is 0 Å². The molecule has 1 amide bonds. The molecule has 0 aliphatic carbocycles. The molecule has 1 N–H and O–H groups in total. The normalized spacial score (nSPS) is 11.8. The van der Waals surface area contributed by atoms with E-state index in [0.717, 1.165) is 16.8 Å². The fraction of sp³-hybridized carbons (Fsp3) is 0.250. The van der Waals surface area contributed by atoms with Crippen molar-refractivity contribution >= 4 is 17.6 Å². The number of benzene rings is 1. The molecule has 1 aromatic carbocycles. The number of hydrogen-bond donors (Lipinski definition) is 1. The van der Waals surface area contributed by atoms with Crippen molar-refractivity contribution in [3.8, 4) is 0 Å². The molecule has 1 aromatic heterocycles. The minimum atomic E-state index is -1.13. The van der Waals surface area contributed by atoms with Crippen LogP contribution in [0, 0.1) is 11.6 Å². The van der Waals surface area contributed by atoms with Crippen molar-refractivity contribution in [2.45, 2.75) is 19.6 Å². The highest BCUT2D eigenvalue weighted by Gasteiger charge is 2.19. The summed E-state index contributed by atoms with van der Waals surface area (Å²) in [6.45, 7) is 1.09. The Hall–Kier alpha value is -2.91. The first-order valence-electron chi connectivity index (χ1n) is 6.12. The third-order valence-corrected chi connectivity index (χ3v) is 2.55. The van der Waals surface area contributed by atoms with Crippen molar-refractivity contribution < 1.29 is 23.1 Å². The lowest BCUT2D eigenvalue weighted by Crippen LogP contribution is -2.31. The van der Waals surface area contributed by atoms with E-state index in [0.29, 0.717) is 0 Å². The first-order chi connectivity index (χ1) is 10.5. The van der Waals surface area contributed by atoms with Crippen molar-refractivity contribution in [3.63, 3.8) is 0 Å². The Balaban J connectivity index is 1.88. The van der Waals surface area contributed by atoms with Gasteiger partial charge in [-0.2, -0.15) is 0 Å². The molecule has 0 radical (unpaired) electrons. The van der Waals surface area contributed by atoms with Gasteiger partial charge in [0, 0.05) is 11.8 Å². The molecule has 1 atom stereocenters. The molecule has 0 saturated heterocycles. The van der Waals surface area contributed by atoms with Crippen LogP contribution < -0.4 is 5.32 Å². The maximum Gasteiger partial charge on any atom is 0.328 e. The van der Waals surface area contributed by atoms with Gasteiger partial charge in [-0.3, -0.25) is 9.59 Å². The maximum absolute atomic E-state index is 13.0. The Bertz CT molecular complexity index is 677. The Kier molecular flexibility index (Phi) is 4.71. The second-order valence-corrected chi connectivity index (χ2v) is 4.26. The zero-order chi connectivity index (χ0) is 16.1. The van der Waals surface area contributed by atoms with Crippen LogP contribution in [0.2, 0.25) is 0 Å². The Morgan fingerprint density at radius 1 is 1.36 bits per heavy atom. The fourth-order valence-electron chi connectivity index (χ4n) is 1.49. The molecular weight excluding hydrogens is 300 g/mol. The van der Waals surface area contributed by atoms with E-state index in [2.05, 4.69) is 20.8 Å². The number of amides is 1. The number of nitrogens with one attached hydrogen (secondary N) is 1. The summed E-state index contributed by atoms with van der Waals surface area (Å²) in [7, 11) is 0. The van der Waals surface area contributed by atoms with Gasteiger partial charge in [-0.1, -0.05) is 0 Å². The monoisotopic (exact) mass is 311 g/mol. The highest BCUT2D eigenvalue weighted by Crippen LogP contribution is 2.13. The van der Waals surface area contributed by atoms with E-state index < -0.39 is 29.6 Å². The van der Waals surface area contributed by atoms with Crippen LogP contribution in [0.3, 0.4) is 0 Å². The van der Waals surface area contributed by atoms with Crippen molar-refractivity contribution in [2.24, 2.45) is 0 Å². The second kappa shape index (κ2) is 6.70. The van der Waals surface area contributed by atoms with Crippen LogP contribution in [0.4, 0.5) is 14.5 Å². The molecular formula is C12H11F2N5O3. The zero-order valence-electron chi connectivity index (χ0n) is 11.4. The predicted molar refractivity (Wildman–Crippen MR) is 68.4 cm³/mol. The maximum atomic E-state index is 13.0. The standard InChI is InChI=1S/C12H11F2N5O3/c1-7(22-11(20)5-19-6-15-17-18-19)12(21)16-8-2-3-9(13)10(14)4-8/h2-4,6-7H,5H2,1H3,(H,16,21)/t7-/m1/s1. The van der Waals surface area contributed by atoms with E-state index in [4.69, 9.17) is 4.74 Å². The van der Waals surface area contributed by atoms with Gasteiger partial charge in [0.2, 0.25) is 0 Å². The number of anilines is 1. The molecule has 0 aliphatic rings. The smallest absolute Gasteiger partial charge is 0.328 e. The molecule has 0 aliphatic heterocycles. The van der Waals surface area contributed by atoms with E-state index in [1.54, 1.807) is 0 Å². The molecule has 10 heteroatoms. The lowest BCUT2D eigenvalue weighted by Gasteiger charge is -2.13. The number of ether oxygens (including phenoxy) is 1. The predicted octanol–water partition coefficient (Wildman–Crippen LogP) is 0.522. The number of esters is 1. The molecule has 8 nitrogen and oxygen atoms in total. The van der Waals surface area contributed by atoms with Crippen molar-refractivity contribution in [3.05, 3.63) is 36.2 Å². The van der Waals surface area contributed by atoms with Crippen molar-refractivity contribution in [2.75, 3.05) is 5.32 Å². The number of halogens is 2. The highest BCUT2D eigenvalue weighted by atomic mass is 19.2. The summed E-state index contributed by atoms with van der Waals surface area (Å²) in [5.74, 6) is -3.53. The number of carbonyl (C=O) groups excluding carboxylic acids is 2. The molecule has 0 unspecified atom stereocenters. The number of tetrazole rings is 1. The minimum Gasteiger partial charge on any atom is -0.451 e. The van der Waals surface area contributed by atoms with E-state index in [1.807, 2.05) is 0 Å². The summed E-state index contributed by atoms with van der Waals surface area (Å²) < 4.78 is 31.8. The first kappa shape index (κ1) is 15.5. The summed E-state index contributed by atoms with van der Waals surface area (Å²) in [6, 6.07) is 2.88. The molecule has 0 fully saturated rings. The summed E-state index contributed by atoms with van der Waals surface area (Å²) in [6.07, 6.45) is 0.0879. The molecule has 0 saturated carbocycles. The highest BCUT2D eigenvalue weighted by molar-refractivity contribution is 5.95. The van der Waals surface area contributed by atoms with Gasteiger partial charge in [-0.25, -0.2) is 13.5 Å². The van der Waals surface area contributed by atoms with Gasteiger partial charge in [0.1, 0.15) is 12.9 Å². The van der Waals surface area contributed by atoms with E-state index in [-0.39, 0.29) is 12.2 Å². The molecule has 1 heterocycles. The Morgan fingerprint density at radius 3 is 2.77 bits per heavy atom. The van der Waals surface area contributed by atoms with E-state index in [1.165, 1.54) is 19.3 Å². The van der Waals surface area contributed by atoms with Gasteiger partial charge in [0.05, 0.1) is 0 Å². The summed E-state index contributed by atoms with van der Waals surface area (Å²) in [5, 5.41) is 12.5. The quantitative estimate of drug-likeness (QED) is 0.808. The largest absolute Gasteiger partial charge is 0.451 e. The van der Waals surface area contributed by atoms with Crippen molar-refractivity contribution in [1.82, 2.24) is 20.2 Å². The van der Waals surface area contributed by atoms with Gasteiger partial charge in [-0.05, 0) is 29.5 Å². The van der Waals surface area contributed by atoms with Gasteiger partial charge >= 0.3 is 5.97 Å². The Morgan fingerprint density at radius 2 is 2.14 bits per heavy atom. The lowest BCUT2D eigenvalue weighted by atomic mass is 10.3. The van der Waals surface area contributed by atoms with Crippen LogP contribution >= 0.6 is 0 Å². The molecule has 2 rings (SSSR count). The molecule has 116 valence electrons. The molecule has 0 spiro atoms. The summed E-state index contributed by atoms with van der Waals surface area (Å²) >= 11 is 0. The molecule has 0 bridgehead atoms. The topological polar surface area (TPSA) is 99.0 Å². The lowest BCUT2D eigenvalue weighted by molar-refractivity contribution is -0.153. The fourth-order valence-corrected chi connectivity index (χ4v) is 1.49. The van der Waals surface area contributed by atoms with Crippen LogP contribution in [0.1, 0.15) is 6.92 Å². The minimum absolute atomic E-state index is 0.0484. The van der Waals surface area contributed by atoms with Crippen LogP contribution in [-0.2, 0) is 20.9 Å². The number of nitrogens with zero attached hydrogens (tertiary/aromatic N) is 4. The van der Waals surface area contributed by atoms with Crippen LogP contribution in [-0.4, -0.2) is 38.2 Å². The SMILES string of the molecule is C[C@@H](OC(=O)Cn1cnnn1)C(=O)Nc1ccc(F)c(F)c1. The average molecular weight is 311 g/mol.